The van der Waals surface area contributed by atoms with Crippen molar-refractivity contribution in [3.05, 3.63) is 41.5 Å². The monoisotopic (exact) mass is 253 g/mol. The molecule has 3 nitrogen and oxygen atoms in total. The molecule has 2 aromatic rings. The summed E-state index contributed by atoms with van der Waals surface area (Å²) in [5.74, 6) is -3.01. The van der Waals surface area contributed by atoms with Crippen LogP contribution in [0.4, 0.5) is 19.0 Å². The molecule has 0 saturated carbocycles. The first kappa shape index (κ1) is 12.3. The quantitative estimate of drug-likeness (QED) is 0.836. The molecule has 1 heterocycles. The number of nitrogens with zero attached hydrogens (tertiary/aromatic N) is 2. The summed E-state index contributed by atoms with van der Waals surface area (Å²) >= 11 is 0. The third kappa shape index (κ3) is 2.27. The molecule has 0 bridgehead atoms. The van der Waals surface area contributed by atoms with E-state index in [0.29, 0.717) is 17.3 Å². The molecule has 0 amide bonds. The second-order valence-corrected chi connectivity index (χ2v) is 3.69. The van der Waals surface area contributed by atoms with Crippen LogP contribution in [0.25, 0.3) is 11.3 Å². The van der Waals surface area contributed by atoms with Gasteiger partial charge in [-0.2, -0.15) is 0 Å². The number of rotatable bonds is 2. The summed E-state index contributed by atoms with van der Waals surface area (Å²) in [7, 11) is 1.66. The van der Waals surface area contributed by atoms with Gasteiger partial charge < -0.3 is 5.32 Å². The van der Waals surface area contributed by atoms with Gasteiger partial charge in [-0.1, -0.05) is 0 Å². The van der Waals surface area contributed by atoms with Crippen molar-refractivity contribution in [2.24, 2.45) is 0 Å². The van der Waals surface area contributed by atoms with Crippen LogP contribution < -0.4 is 5.32 Å². The number of aryl methyl sites for hydroxylation is 1. The maximum atomic E-state index is 13.1. The summed E-state index contributed by atoms with van der Waals surface area (Å²) in [6.45, 7) is 1.65. The van der Waals surface area contributed by atoms with Crippen LogP contribution in [0, 0.1) is 24.4 Å². The molecule has 0 fully saturated rings. The average Bonchev–Trinajstić information content (AvgIpc) is 2.34. The Morgan fingerprint density at radius 1 is 1.00 bits per heavy atom. The summed E-state index contributed by atoms with van der Waals surface area (Å²) in [6.07, 6.45) is 0. The highest BCUT2D eigenvalue weighted by Gasteiger charge is 2.13. The van der Waals surface area contributed by atoms with Crippen LogP contribution in [0.2, 0.25) is 0 Å². The summed E-state index contributed by atoms with van der Waals surface area (Å²) in [4.78, 5) is 8.11. The largest absolute Gasteiger partial charge is 0.373 e. The molecular weight excluding hydrogens is 243 g/mol. The maximum Gasteiger partial charge on any atom is 0.194 e. The molecule has 0 spiro atoms. The van der Waals surface area contributed by atoms with Crippen molar-refractivity contribution in [1.82, 2.24) is 9.97 Å². The van der Waals surface area contributed by atoms with Crippen molar-refractivity contribution in [3.8, 4) is 11.3 Å². The van der Waals surface area contributed by atoms with Gasteiger partial charge in [-0.15, -0.1) is 0 Å². The molecule has 6 heteroatoms. The third-order valence-corrected chi connectivity index (χ3v) is 2.37. The number of halogens is 3. The van der Waals surface area contributed by atoms with Gasteiger partial charge in [0.15, 0.2) is 17.5 Å². The van der Waals surface area contributed by atoms with Gasteiger partial charge >= 0.3 is 0 Å². The predicted molar refractivity (Wildman–Crippen MR) is 61.6 cm³/mol. The molecule has 0 aliphatic heterocycles. The highest BCUT2D eigenvalue weighted by atomic mass is 19.2. The summed E-state index contributed by atoms with van der Waals surface area (Å²) in [5.41, 5.74) is 0.484. The zero-order valence-corrected chi connectivity index (χ0v) is 9.76. The molecule has 18 heavy (non-hydrogen) atoms. The summed E-state index contributed by atoms with van der Waals surface area (Å²) in [5, 5.41) is 2.81. The topological polar surface area (TPSA) is 37.8 Å². The van der Waals surface area contributed by atoms with E-state index in [9.17, 15) is 13.2 Å². The molecule has 1 aromatic carbocycles. The van der Waals surface area contributed by atoms with E-state index in [1.807, 2.05) is 0 Å². The van der Waals surface area contributed by atoms with Crippen LogP contribution in [0.3, 0.4) is 0 Å². The van der Waals surface area contributed by atoms with Crippen LogP contribution >= 0.6 is 0 Å². The Bertz CT molecular complexity index is 576. The normalized spacial score (nSPS) is 10.5. The summed E-state index contributed by atoms with van der Waals surface area (Å²) in [6, 6.07) is 3.33. The zero-order chi connectivity index (χ0) is 13.3. The van der Waals surface area contributed by atoms with Gasteiger partial charge in [-0.3, -0.25) is 0 Å². The van der Waals surface area contributed by atoms with Crippen LogP contribution in [0.15, 0.2) is 18.2 Å². The SMILES string of the molecule is CNc1cc(-c2cc(F)c(F)c(F)c2)nc(C)n1. The second kappa shape index (κ2) is 4.64. The van der Waals surface area contributed by atoms with Crippen molar-refractivity contribution in [3.63, 3.8) is 0 Å². The number of hydrogen-bond donors (Lipinski definition) is 1. The fourth-order valence-electron chi connectivity index (χ4n) is 1.55. The third-order valence-electron chi connectivity index (χ3n) is 2.37. The maximum absolute atomic E-state index is 13.1. The molecule has 0 saturated heterocycles. The Morgan fingerprint density at radius 3 is 2.17 bits per heavy atom. The Balaban J connectivity index is 2.58. The van der Waals surface area contributed by atoms with Crippen molar-refractivity contribution in [2.75, 3.05) is 12.4 Å². The smallest absolute Gasteiger partial charge is 0.194 e. The first-order valence-electron chi connectivity index (χ1n) is 5.19. The van der Waals surface area contributed by atoms with E-state index in [1.54, 1.807) is 14.0 Å². The molecule has 0 atom stereocenters. The van der Waals surface area contributed by atoms with Crippen LogP contribution in [-0.4, -0.2) is 17.0 Å². The molecule has 94 valence electrons. The zero-order valence-electron chi connectivity index (χ0n) is 9.76. The Hall–Kier alpha value is -2.11. The molecular formula is C12H10F3N3. The minimum absolute atomic E-state index is 0.161. The number of aromatic nitrogens is 2. The molecule has 0 aliphatic rings. The minimum atomic E-state index is -1.49. The number of hydrogen-bond acceptors (Lipinski definition) is 3. The van der Waals surface area contributed by atoms with Crippen molar-refractivity contribution in [2.45, 2.75) is 6.92 Å². The number of anilines is 1. The molecule has 0 aliphatic carbocycles. The highest BCUT2D eigenvalue weighted by Crippen LogP contribution is 2.23. The van der Waals surface area contributed by atoms with Crippen LogP contribution in [0.5, 0.6) is 0 Å². The van der Waals surface area contributed by atoms with E-state index in [4.69, 9.17) is 0 Å². The highest BCUT2D eigenvalue weighted by molar-refractivity contribution is 5.62. The van der Waals surface area contributed by atoms with E-state index in [0.717, 1.165) is 12.1 Å². The van der Waals surface area contributed by atoms with Gasteiger partial charge in [0.05, 0.1) is 5.69 Å². The van der Waals surface area contributed by atoms with Crippen molar-refractivity contribution >= 4 is 5.82 Å². The lowest BCUT2D eigenvalue weighted by atomic mass is 10.1. The Labute approximate surface area is 102 Å². The lowest BCUT2D eigenvalue weighted by Gasteiger charge is -2.06. The Kier molecular flexibility index (Phi) is 3.18. The van der Waals surface area contributed by atoms with Gasteiger partial charge in [0, 0.05) is 18.7 Å². The van der Waals surface area contributed by atoms with Crippen LogP contribution in [-0.2, 0) is 0 Å². The van der Waals surface area contributed by atoms with Gasteiger partial charge in [-0.05, 0) is 19.1 Å². The first-order chi connectivity index (χ1) is 8.51. The lowest BCUT2D eigenvalue weighted by Crippen LogP contribution is -1.99. The molecule has 0 unspecified atom stereocenters. The van der Waals surface area contributed by atoms with Crippen molar-refractivity contribution < 1.29 is 13.2 Å². The van der Waals surface area contributed by atoms with E-state index < -0.39 is 17.5 Å². The standard InChI is InChI=1S/C12H10F3N3/c1-6-17-10(5-11(16-2)18-6)7-3-8(13)12(15)9(14)4-7/h3-5H,1-2H3,(H,16,17,18). The van der Waals surface area contributed by atoms with Gasteiger partial charge in [0.1, 0.15) is 11.6 Å². The first-order valence-corrected chi connectivity index (χ1v) is 5.19. The lowest BCUT2D eigenvalue weighted by molar-refractivity contribution is 0.447. The van der Waals surface area contributed by atoms with E-state index >= 15 is 0 Å². The average molecular weight is 253 g/mol. The predicted octanol–water partition coefficient (Wildman–Crippen LogP) is 2.91. The number of nitrogens with one attached hydrogen (secondary N) is 1. The van der Waals surface area contributed by atoms with Crippen LogP contribution in [0.1, 0.15) is 5.82 Å². The number of benzene rings is 1. The fourth-order valence-corrected chi connectivity index (χ4v) is 1.55. The fraction of sp³-hybridized carbons (Fsp3) is 0.167. The van der Waals surface area contributed by atoms with Gasteiger partial charge in [-0.25, -0.2) is 23.1 Å². The molecule has 0 radical (unpaired) electrons. The van der Waals surface area contributed by atoms with Gasteiger partial charge in [0.25, 0.3) is 0 Å². The molecule has 2 rings (SSSR count). The molecule has 1 N–H and O–H groups in total. The van der Waals surface area contributed by atoms with Gasteiger partial charge in [0.2, 0.25) is 0 Å². The van der Waals surface area contributed by atoms with Crippen molar-refractivity contribution in [1.29, 1.82) is 0 Å². The second-order valence-electron chi connectivity index (χ2n) is 3.69. The van der Waals surface area contributed by atoms with E-state index in [-0.39, 0.29) is 5.56 Å². The minimum Gasteiger partial charge on any atom is -0.373 e. The van der Waals surface area contributed by atoms with E-state index in [1.165, 1.54) is 6.07 Å². The Morgan fingerprint density at radius 2 is 1.61 bits per heavy atom. The summed E-state index contributed by atoms with van der Waals surface area (Å²) < 4.78 is 39.1. The molecule has 1 aromatic heterocycles. The van der Waals surface area contributed by atoms with E-state index in [2.05, 4.69) is 15.3 Å².